The third-order valence-corrected chi connectivity index (χ3v) is 3.14. The Labute approximate surface area is 118 Å². The monoisotopic (exact) mass is 329 g/mol. The Bertz CT molecular complexity index is 584. The molecule has 0 aliphatic carbocycles. The van der Waals surface area contributed by atoms with Gasteiger partial charge in [0.1, 0.15) is 22.6 Å². The fourth-order valence-corrected chi connectivity index (χ4v) is 2.20. The summed E-state index contributed by atoms with van der Waals surface area (Å²) in [5.41, 5.74) is 1.54. The van der Waals surface area contributed by atoms with Crippen LogP contribution < -0.4 is 5.32 Å². The minimum atomic E-state index is -0.333. The number of nitrogens with zero attached hydrogens (tertiary/aromatic N) is 2. The number of anilines is 2. The number of hydrogen-bond donors (Lipinski definition) is 1. The van der Waals surface area contributed by atoms with Gasteiger partial charge >= 0.3 is 0 Å². The molecule has 0 radical (unpaired) electrons. The van der Waals surface area contributed by atoms with Gasteiger partial charge in [0.15, 0.2) is 0 Å². The van der Waals surface area contributed by atoms with Crippen LogP contribution in [-0.4, -0.2) is 9.97 Å². The molecular formula is C12H10BrClFN3. The average molecular weight is 331 g/mol. The molecule has 2 aromatic rings. The Morgan fingerprint density at radius 2 is 1.94 bits per heavy atom. The van der Waals surface area contributed by atoms with Crippen molar-refractivity contribution in [2.75, 3.05) is 5.32 Å². The molecule has 0 unspecified atom stereocenters. The highest BCUT2D eigenvalue weighted by Crippen LogP contribution is 2.26. The molecule has 0 fully saturated rings. The van der Waals surface area contributed by atoms with E-state index in [4.69, 9.17) is 11.6 Å². The van der Waals surface area contributed by atoms with Gasteiger partial charge in [-0.25, -0.2) is 14.4 Å². The van der Waals surface area contributed by atoms with Gasteiger partial charge in [0.25, 0.3) is 0 Å². The zero-order chi connectivity index (χ0) is 13.3. The quantitative estimate of drug-likeness (QED) is 0.830. The molecule has 0 bridgehead atoms. The highest BCUT2D eigenvalue weighted by atomic mass is 79.9. The van der Waals surface area contributed by atoms with Gasteiger partial charge in [-0.05, 0) is 47.5 Å². The molecule has 1 N–H and O–H groups in total. The van der Waals surface area contributed by atoms with Gasteiger partial charge in [0.2, 0.25) is 0 Å². The van der Waals surface area contributed by atoms with E-state index in [9.17, 15) is 4.39 Å². The second-order valence-electron chi connectivity index (χ2n) is 3.83. The normalized spacial score (nSPS) is 10.5. The number of aryl methyl sites for hydroxylation is 2. The molecule has 1 aromatic carbocycles. The molecule has 1 aromatic heterocycles. The van der Waals surface area contributed by atoms with E-state index in [2.05, 4.69) is 31.2 Å². The molecule has 3 nitrogen and oxygen atoms in total. The minimum Gasteiger partial charge on any atom is -0.340 e. The van der Waals surface area contributed by atoms with Gasteiger partial charge in [-0.2, -0.15) is 0 Å². The topological polar surface area (TPSA) is 37.8 Å². The van der Waals surface area contributed by atoms with Crippen LogP contribution in [0.3, 0.4) is 0 Å². The Morgan fingerprint density at radius 1 is 1.22 bits per heavy atom. The summed E-state index contributed by atoms with van der Waals surface area (Å²) in [6, 6.07) is 4.70. The predicted octanol–water partition coefficient (Wildman–Crippen LogP) is 4.39. The number of halogens is 3. The summed E-state index contributed by atoms with van der Waals surface area (Å²) < 4.78 is 13.9. The van der Waals surface area contributed by atoms with Crippen LogP contribution in [0.2, 0.25) is 5.15 Å². The lowest BCUT2D eigenvalue weighted by atomic mass is 10.2. The van der Waals surface area contributed by atoms with Crippen molar-refractivity contribution >= 4 is 39.0 Å². The van der Waals surface area contributed by atoms with Crippen molar-refractivity contribution in [3.63, 3.8) is 0 Å². The van der Waals surface area contributed by atoms with Crippen LogP contribution in [0.4, 0.5) is 15.9 Å². The molecule has 0 aliphatic rings. The standard InChI is InChI=1S/C12H10BrClFN3/c1-6-3-8(13)9(15)4-10(6)18-12-5-11(14)16-7(2)17-12/h3-5H,1-2H3,(H,16,17,18). The molecule has 1 heterocycles. The van der Waals surface area contributed by atoms with Crippen LogP contribution in [-0.2, 0) is 0 Å². The third kappa shape index (κ3) is 2.97. The first-order chi connectivity index (χ1) is 8.45. The Morgan fingerprint density at radius 3 is 2.61 bits per heavy atom. The average Bonchev–Trinajstić information content (AvgIpc) is 2.24. The number of hydrogen-bond acceptors (Lipinski definition) is 3. The first-order valence-corrected chi connectivity index (χ1v) is 6.36. The summed E-state index contributed by atoms with van der Waals surface area (Å²) in [5, 5.41) is 3.37. The summed E-state index contributed by atoms with van der Waals surface area (Å²) in [6.45, 7) is 3.62. The van der Waals surface area contributed by atoms with Crippen molar-refractivity contribution in [2.45, 2.75) is 13.8 Å². The molecule has 0 saturated heterocycles. The molecule has 0 amide bonds. The summed E-state index contributed by atoms with van der Waals surface area (Å²) in [6.07, 6.45) is 0. The molecule has 18 heavy (non-hydrogen) atoms. The SMILES string of the molecule is Cc1nc(Cl)cc(Nc2cc(F)c(Br)cc2C)n1. The number of benzene rings is 1. The molecule has 6 heteroatoms. The number of rotatable bonds is 2. The highest BCUT2D eigenvalue weighted by molar-refractivity contribution is 9.10. The zero-order valence-electron chi connectivity index (χ0n) is 9.76. The van der Waals surface area contributed by atoms with E-state index in [1.54, 1.807) is 19.1 Å². The first-order valence-electron chi connectivity index (χ1n) is 5.19. The predicted molar refractivity (Wildman–Crippen MR) is 73.9 cm³/mol. The van der Waals surface area contributed by atoms with Gasteiger partial charge < -0.3 is 5.32 Å². The van der Waals surface area contributed by atoms with Crippen LogP contribution in [0.15, 0.2) is 22.7 Å². The van der Waals surface area contributed by atoms with Gasteiger partial charge in [0.05, 0.1) is 4.47 Å². The Hall–Kier alpha value is -1.20. The molecule has 0 aliphatic heterocycles. The van der Waals surface area contributed by atoms with Gasteiger partial charge in [-0.15, -0.1) is 0 Å². The van der Waals surface area contributed by atoms with Crippen LogP contribution in [0.5, 0.6) is 0 Å². The number of nitrogens with one attached hydrogen (secondary N) is 1. The molecule has 2 rings (SSSR count). The lowest BCUT2D eigenvalue weighted by Crippen LogP contribution is -1.99. The van der Waals surface area contributed by atoms with Crippen molar-refractivity contribution in [3.8, 4) is 0 Å². The highest BCUT2D eigenvalue weighted by Gasteiger charge is 2.07. The smallest absolute Gasteiger partial charge is 0.139 e. The van der Waals surface area contributed by atoms with E-state index in [1.165, 1.54) is 6.07 Å². The van der Waals surface area contributed by atoms with E-state index in [0.29, 0.717) is 27.0 Å². The Balaban J connectivity index is 2.36. The summed E-state index contributed by atoms with van der Waals surface area (Å²) >= 11 is 8.98. The molecular weight excluding hydrogens is 321 g/mol. The van der Waals surface area contributed by atoms with E-state index in [-0.39, 0.29) is 5.82 Å². The lowest BCUT2D eigenvalue weighted by Gasteiger charge is -2.10. The van der Waals surface area contributed by atoms with Crippen molar-refractivity contribution in [1.82, 2.24) is 9.97 Å². The van der Waals surface area contributed by atoms with Gasteiger partial charge in [-0.3, -0.25) is 0 Å². The fraction of sp³-hybridized carbons (Fsp3) is 0.167. The van der Waals surface area contributed by atoms with Crippen LogP contribution in [0.25, 0.3) is 0 Å². The van der Waals surface area contributed by atoms with Gasteiger partial charge in [-0.1, -0.05) is 11.6 Å². The van der Waals surface area contributed by atoms with E-state index >= 15 is 0 Å². The maximum atomic E-state index is 13.5. The van der Waals surface area contributed by atoms with E-state index in [1.807, 2.05) is 6.92 Å². The summed E-state index contributed by atoms with van der Waals surface area (Å²) in [4.78, 5) is 8.14. The van der Waals surface area contributed by atoms with Crippen molar-refractivity contribution < 1.29 is 4.39 Å². The van der Waals surface area contributed by atoms with Gasteiger partial charge in [0, 0.05) is 11.8 Å². The van der Waals surface area contributed by atoms with Crippen LogP contribution in [0.1, 0.15) is 11.4 Å². The fourth-order valence-electron chi connectivity index (χ4n) is 1.51. The maximum absolute atomic E-state index is 13.5. The molecule has 94 valence electrons. The van der Waals surface area contributed by atoms with Crippen LogP contribution in [0, 0.1) is 19.7 Å². The second-order valence-corrected chi connectivity index (χ2v) is 5.07. The number of aromatic nitrogens is 2. The largest absolute Gasteiger partial charge is 0.340 e. The molecule has 0 atom stereocenters. The van der Waals surface area contributed by atoms with Crippen molar-refractivity contribution in [1.29, 1.82) is 0 Å². The first kappa shape index (κ1) is 13.2. The molecule has 0 spiro atoms. The summed E-state index contributed by atoms with van der Waals surface area (Å²) in [7, 11) is 0. The van der Waals surface area contributed by atoms with E-state index in [0.717, 1.165) is 5.56 Å². The minimum absolute atomic E-state index is 0.333. The van der Waals surface area contributed by atoms with Crippen LogP contribution >= 0.6 is 27.5 Å². The van der Waals surface area contributed by atoms with Crippen molar-refractivity contribution in [3.05, 3.63) is 45.0 Å². The molecule has 0 saturated carbocycles. The van der Waals surface area contributed by atoms with Crippen molar-refractivity contribution in [2.24, 2.45) is 0 Å². The third-order valence-electron chi connectivity index (χ3n) is 2.34. The second kappa shape index (κ2) is 5.20. The van der Waals surface area contributed by atoms with E-state index < -0.39 is 0 Å². The maximum Gasteiger partial charge on any atom is 0.139 e. The zero-order valence-corrected chi connectivity index (χ0v) is 12.1. The Kier molecular flexibility index (Phi) is 3.82. The lowest BCUT2D eigenvalue weighted by molar-refractivity contribution is 0.621. The summed E-state index contributed by atoms with van der Waals surface area (Å²) in [5.74, 6) is 0.762.